The van der Waals surface area contributed by atoms with E-state index in [-0.39, 0.29) is 11.8 Å². The zero-order valence-electron chi connectivity index (χ0n) is 9.26. The fourth-order valence-electron chi connectivity index (χ4n) is 1.79. The van der Waals surface area contributed by atoms with E-state index in [4.69, 9.17) is 5.73 Å². The van der Waals surface area contributed by atoms with Crippen molar-refractivity contribution < 1.29 is 4.79 Å². The van der Waals surface area contributed by atoms with Crippen LogP contribution in [0.15, 0.2) is 0 Å². The van der Waals surface area contributed by atoms with Gasteiger partial charge in [-0.3, -0.25) is 4.79 Å². The SMILES string of the molecule is CC1CC(C(=O)NC(C)(C)N)CCN1. The Morgan fingerprint density at radius 3 is 2.71 bits per heavy atom. The predicted molar refractivity (Wildman–Crippen MR) is 56.6 cm³/mol. The van der Waals surface area contributed by atoms with E-state index in [0.29, 0.717) is 6.04 Å². The third-order valence-electron chi connectivity index (χ3n) is 2.44. The Labute approximate surface area is 85.6 Å². The fourth-order valence-corrected chi connectivity index (χ4v) is 1.79. The van der Waals surface area contributed by atoms with Crippen LogP contribution in [0.3, 0.4) is 0 Å². The molecule has 1 aliphatic rings. The number of piperidine rings is 1. The van der Waals surface area contributed by atoms with Gasteiger partial charge in [-0.15, -0.1) is 0 Å². The van der Waals surface area contributed by atoms with Gasteiger partial charge in [-0.25, -0.2) is 0 Å². The van der Waals surface area contributed by atoms with E-state index in [2.05, 4.69) is 17.6 Å². The molecule has 1 aliphatic heterocycles. The van der Waals surface area contributed by atoms with Crippen LogP contribution in [0.4, 0.5) is 0 Å². The average Bonchev–Trinajstić information content (AvgIpc) is 2.01. The lowest BCUT2D eigenvalue weighted by Crippen LogP contribution is -2.54. The number of carbonyl (C=O) groups excluding carboxylic acids is 1. The zero-order chi connectivity index (χ0) is 10.8. The van der Waals surface area contributed by atoms with Crippen molar-refractivity contribution in [2.24, 2.45) is 11.7 Å². The normalized spacial score (nSPS) is 28.6. The van der Waals surface area contributed by atoms with Crippen LogP contribution in [-0.2, 0) is 4.79 Å². The summed E-state index contributed by atoms with van der Waals surface area (Å²) in [5, 5.41) is 6.14. The number of hydrogen-bond donors (Lipinski definition) is 3. The van der Waals surface area contributed by atoms with Crippen LogP contribution in [0.2, 0.25) is 0 Å². The first-order valence-electron chi connectivity index (χ1n) is 5.23. The second-order valence-corrected chi connectivity index (χ2v) is 4.79. The molecule has 0 bridgehead atoms. The number of amides is 1. The molecule has 82 valence electrons. The number of hydrogen-bond acceptors (Lipinski definition) is 3. The van der Waals surface area contributed by atoms with E-state index in [0.717, 1.165) is 19.4 Å². The Hall–Kier alpha value is -0.610. The van der Waals surface area contributed by atoms with Gasteiger partial charge in [0.15, 0.2) is 0 Å². The third kappa shape index (κ3) is 3.64. The molecule has 2 atom stereocenters. The van der Waals surface area contributed by atoms with E-state index < -0.39 is 5.66 Å². The molecule has 0 aromatic carbocycles. The van der Waals surface area contributed by atoms with Crippen LogP contribution in [0.25, 0.3) is 0 Å². The minimum Gasteiger partial charge on any atom is -0.339 e. The smallest absolute Gasteiger partial charge is 0.224 e. The van der Waals surface area contributed by atoms with Crippen molar-refractivity contribution in [3.8, 4) is 0 Å². The number of nitrogens with two attached hydrogens (primary N) is 1. The van der Waals surface area contributed by atoms with E-state index in [1.807, 2.05) is 0 Å². The van der Waals surface area contributed by atoms with E-state index in [1.165, 1.54) is 0 Å². The first kappa shape index (κ1) is 11.5. The van der Waals surface area contributed by atoms with Gasteiger partial charge in [0.1, 0.15) is 0 Å². The van der Waals surface area contributed by atoms with E-state index >= 15 is 0 Å². The summed E-state index contributed by atoms with van der Waals surface area (Å²) in [6.45, 7) is 6.63. The molecule has 14 heavy (non-hydrogen) atoms. The second-order valence-electron chi connectivity index (χ2n) is 4.79. The van der Waals surface area contributed by atoms with Crippen molar-refractivity contribution in [1.82, 2.24) is 10.6 Å². The van der Waals surface area contributed by atoms with Crippen molar-refractivity contribution in [2.75, 3.05) is 6.54 Å². The molecule has 0 spiro atoms. The number of rotatable bonds is 2. The largest absolute Gasteiger partial charge is 0.339 e. The molecule has 1 amide bonds. The molecular formula is C10H21N3O. The minimum absolute atomic E-state index is 0.0888. The molecule has 0 aromatic heterocycles. The molecule has 1 rings (SSSR count). The van der Waals surface area contributed by atoms with Gasteiger partial charge in [-0.2, -0.15) is 0 Å². The molecule has 1 heterocycles. The molecule has 0 saturated carbocycles. The van der Waals surface area contributed by atoms with Gasteiger partial charge < -0.3 is 16.4 Å². The van der Waals surface area contributed by atoms with Gasteiger partial charge in [0.25, 0.3) is 0 Å². The van der Waals surface area contributed by atoms with Crippen molar-refractivity contribution >= 4 is 5.91 Å². The molecule has 0 radical (unpaired) electrons. The van der Waals surface area contributed by atoms with Gasteiger partial charge >= 0.3 is 0 Å². The van der Waals surface area contributed by atoms with Crippen LogP contribution in [0, 0.1) is 5.92 Å². The Balaban J connectivity index is 2.44. The third-order valence-corrected chi connectivity index (χ3v) is 2.44. The lowest BCUT2D eigenvalue weighted by atomic mass is 9.92. The van der Waals surface area contributed by atoms with Gasteiger partial charge in [-0.1, -0.05) is 0 Å². The topological polar surface area (TPSA) is 67.2 Å². The molecule has 1 saturated heterocycles. The highest BCUT2D eigenvalue weighted by atomic mass is 16.2. The zero-order valence-corrected chi connectivity index (χ0v) is 9.26. The van der Waals surface area contributed by atoms with Gasteiger partial charge in [-0.05, 0) is 40.2 Å². The summed E-state index contributed by atoms with van der Waals surface area (Å²) >= 11 is 0. The van der Waals surface area contributed by atoms with Crippen LogP contribution >= 0.6 is 0 Å². The van der Waals surface area contributed by atoms with E-state index in [1.54, 1.807) is 13.8 Å². The first-order valence-corrected chi connectivity index (χ1v) is 5.23. The van der Waals surface area contributed by atoms with Crippen molar-refractivity contribution in [3.63, 3.8) is 0 Å². The van der Waals surface area contributed by atoms with Crippen molar-refractivity contribution in [1.29, 1.82) is 0 Å². The van der Waals surface area contributed by atoms with Crippen LogP contribution in [0.1, 0.15) is 33.6 Å². The summed E-state index contributed by atoms with van der Waals surface area (Å²) in [4.78, 5) is 11.7. The molecule has 4 nitrogen and oxygen atoms in total. The van der Waals surface area contributed by atoms with Crippen LogP contribution in [-0.4, -0.2) is 24.2 Å². The standard InChI is InChI=1S/C10H21N3O/c1-7-6-8(4-5-12-7)9(14)13-10(2,3)11/h7-8,12H,4-6,11H2,1-3H3,(H,13,14). The molecule has 4 N–H and O–H groups in total. The van der Waals surface area contributed by atoms with Gasteiger partial charge in [0.2, 0.25) is 5.91 Å². The highest BCUT2D eigenvalue weighted by Gasteiger charge is 2.27. The molecular weight excluding hydrogens is 178 g/mol. The Morgan fingerprint density at radius 2 is 2.21 bits per heavy atom. The lowest BCUT2D eigenvalue weighted by molar-refractivity contribution is -0.127. The monoisotopic (exact) mass is 199 g/mol. The first-order chi connectivity index (χ1) is 6.38. The maximum absolute atomic E-state index is 11.7. The summed E-state index contributed by atoms with van der Waals surface area (Å²) in [6, 6.07) is 0.431. The highest BCUT2D eigenvalue weighted by molar-refractivity contribution is 5.79. The van der Waals surface area contributed by atoms with E-state index in [9.17, 15) is 4.79 Å². The summed E-state index contributed by atoms with van der Waals surface area (Å²) in [5.41, 5.74) is 5.12. The van der Waals surface area contributed by atoms with Crippen molar-refractivity contribution in [2.45, 2.75) is 45.3 Å². The molecule has 1 fully saturated rings. The van der Waals surface area contributed by atoms with Crippen LogP contribution in [0.5, 0.6) is 0 Å². The maximum Gasteiger partial charge on any atom is 0.224 e. The number of nitrogens with one attached hydrogen (secondary N) is 2. The highest BCUT2D eigenvalue weighted by Crippen LogP contribution is 2.16. The Morgan fingerprint density at radius 1 is 1.57 bits per heavy atom. The fraction of sp³-hybridized carbons (Fsp3) is 0.900. The molecule has 0 aliphatic carbocycles. The molecule has 4 heteroatoms. The lowest BCUT2D eigenvalue weighted by Gasteiger charge is -2.30. The summed E-state index contributed by atoms with van der Waals surface area (Å²) < 4.78 is 0. The summed E-state index contributed by atoms with van der Waals surface area (Å²) in [5.74, 6) is 0.208. The minimum atomic E-state index is -0.606. The average molecular weight is 199 g/mol. The number of carbonyl (C=O) groups is 1. The predicted octanol–water partition coefficient (Wildman–Crippen LogP) is 0.186. The quantitative estimate of drug-likeness (QED) is 0.556. The molecule has 0 aromatic rings. The second kappa shape index (κ2) is 4.28. The van der Waals surface area contributed by atoms with Crippen molar-refractivity contribution in [3.05, 3.63) is 0 Å². The summed E-state index contributed by atoms with van der Waals surface area (Å²) in [6.07, 6.45) is 1.81. The molecule has 2 unspecified atom stereocenters. The Kier molecular flexibility index (Phi) is 3.50. The Bertz CT molecular complexity index is 210. The van der Waals surface area contributed by atoms with Crippen LogP contribution < -0.4 is 16.4 Å². The maximum atomic E-state index is 11.7. The van der Waals surface area contributed by atoms with Gasteiger partial charge in [0.05, 0.1) is 5.66 Å². The van der Waals surface area contributed by atoms with Gasteiger partial charge in [0, 0.05) is 12.0 Å². The summed E-state index contributed by atoms with van der Waals surface area (Å²) in [7, 11) is 0.